The third-order valence-corrected chi connectivity index (χ3v) is 3.54. The summed E-state index contributed by atoms with van der Waals surface area (Å²) in [5.74, 6) is 2.27. The molecule has 2 aromatic carbocycles. The summed E-state index contributed by atoms with van der Waals surface area (Å²) in [5.41, 5.74) is 4.47. The van der Waals surface area contributed by atoms with Crippen LogP contribution in [0.3, 0.4) is 0 Å². The quantitative estimate of drug-likeness (QED) is 0.764. The van der Waals surface area contributed by atoms with Crippen molar-refractivity contribution in [1.29, 1.82) is 0 Å². The maximum absolute atomic E-state index is 5.18. The van der Waals surface area contributed by atoms with Crippen molar-refractivity contribution in [3.8, 4) is 17.1 Å². The lowest BCUT2D eigenvalue weighted by Gasteiger charge is -2.03. The highest BCUT2D eigenvalue weighted by atomic mass is 16.5. The van der Waals surface area contributed by atoms with Gasteiger partial charge >= 0.3 is 0 Å². The summed E-state index contributed by atoms with van der Waals surface area (Å²) in [4.78, 5) is 8.04. The van der Waals surface area contributed by atoms with Crippen molar-refractivity contribution in [2.75, 3.05) is 7.11 Å². The Kier molecular flexibility index (Phi) is 3.18. The fourth-order valence-electron chi connectivity index (χ4n) is 2.27. The molecule has 3 aromatic rings. The molecular weight excluding hydrogens is 248 g/mol. The summed E-state index contributed by atoms with van der Waals surface area (Å²) in [7, 11) is 1.67. The van der Waals surface area contributed by atoms with Crippen LogP contribution >= 0.6 is 0 Å². The Balaban J connectivity index is 2.03. The minimum atomic E-state index is 0.520. The molecule has 1 N–H and O–H groups in total. The van der Waals surface area contributed by atoms with Crippen LogP contribution < -0.4 is 4.74 Å². The number of aromatic amines is 1. The number of ether oxygens (including phenoxy) is 1. The minimum absolute atomic E-state index is 0.520. The molecule has 0 aliphatic carbocycles. The Hall–Kier alpha value is -2.29. The summed E-state index contributed by atoms with van der Waals surface area (Å²) in [6.45, 7) is 4.39. The second-order valence-corrected chi connectivity index (χ2v) is 5.25. The van der Waals surface area contributed by atoms with E-state index in [4.69, 9.17) is 4.74 Å². The van der Waals surface area contributed by atoms with E-state index in [0.29, 0.717) is 5.92 Å². The lowest BCUT2D eigenvalue weighted by atomic mass is 10.0. The summed E-state index contributed by atoms with van der Waals surface area (Å²) < 4.78 is 5.18. The maximum atomic E-state index is 5.18. The number of hydrogen-bond donors (Lipinski definition) is 1. The Morgan fingerprint density at radius 3 is 2.45 bits per heavy atom. The van der Waals surface area contributed by atoms with Crippen molar-refractivity contribution in [2.45, 2.75) is 19.8 Å². The molecule has 0 saturated heterocycles. The van der Waals surface area contributed by atoms with Gasteiger partial charge in [0.25, 0.3) is 0 Å². The molecule has 1 heterocycles. The van der Waals surface area contributed by atoms with E-state index < -0.39 is 0 Å². The van der Waals surface area contributed by atoms with E-state index in [1.54, 1.807) is 7.11 Å². The molecule has 0 fully saturated rings. The van der Waals surface area contributed by atoms with Crippen molar-refractivity contribution >= 4 is 11.0 Å². The molecule has 3 heteroatoms. The first-order chi connectivity index (χ1) is 9.67. The van der Waals surface area contributed by atoms with Gasteiger partial charge in [0.1, 0.15) is 11.6 Å². The van der Waals surface area contributed by atoms with Gasteiger partial charge in [-0.05, 0) is 47.9 Å². The summed E-state index contributed by atoms with van der Waals surface area (Å²) in [5, 5.41) is 0. The van der Waals surface area contributed by atoms with E-state index >= 15 is 0 Å². The highest BCUT2D eigenvalue weighted by Crippen LogP contribution is 2.25. The van der Waals surface area contributed by atoms with Crippen molar-refractivity contribution in [2.24, 2.45) is 0 Å². The van der Waals surface area contributed by atoms with Crippen molar-refractivity contribution in [1.82, 2.24) is 9.97 Å². The van der Waals surface area contributed by atoms with Crippen molar-refractivity contribution < 1.29 is 4.74 Å². The molecule has 3 rings (SSSR count). The number of imidazole rings is 1. The first-order valence-electron chi connectivity index (χ1n) is 6.81. The second-order valence-electron chi connectivity index (χ2n) is 5.25. The number of methoxy groups -OCH3 is 1. The number of H-pyrrole nitrogens is 1. The van der Waals surface area contributed by atoms with Gasteiger partial charge in [0.15, 0.2) is 0 Å². The predicted octanol–water partition coefficient (Wildman–Crippen LogP) is 4.36. The van der Waals surface area contributed by atoms with E-state index in [0.717, 1.165) is 28.2 Å². The first kappa shape index (κ1) is 12.7. The van der Waals surface area contributed by atoms with Crippen molar-refractivity contribution in [3.05, 3.63) is 48.0 Å². The Morgan fingerprint density at radius 1 is 1.05 bits per heavy atom. The first-order valence-corrected chi connectivity index (χ1v) is 6.81. The smallest absolute Gasteiger partial charge is 0.138 e. The fourth-order valence-corrected chi connectivity index (χ4v) is 2.27. The van der Waals surface area contributed by atoms with E-state index in [1.807, 2.05) is 24.3 Å². The van der Waals surface area contributed by atoms with Gasteiger partial charge in [-0.1, -0.05) is 19.9 Å². The van der Waals surface area contributed by atoms with E-state index in [9.17, 15) is 0 Å². The maximum Gasteiger partial charge on any atom is 0.138 e. The predicted molar refractivity (Wildman–Crippen MR) is 82.2 cm³/mol. The van der Waals surface area contributed by atoms with Crippen LogP contribution in [0.4, 0.5) is 0 Å². The number of nitrogens with one attached hydrogen (secondary N) is 1. The van der Waals surface area contributed by atoms with Crippen LogP contribution in [0, 0.1) is 0 Å². The largest absolute Gasteiger partial charge is 0.497 e. The highest BCUT2D eigenvalue weighted by molar-refractivity contribution is 5.80. The zero-order valence-electron chi connectivity index (χ0n) is 12.0. The topological polar surface area (TPSA) is 37.9 Å². The molecule has 0 saturated carbocycles. The van der Waals surface area contributed by atoms with Gasteiger partial charge < -0.3 is 9.72 Å². The minimum Gasteiger partial charge on any atom is -0.497 e. The van der Waals surface area contributed by atoms with Gasteiger partial charge in [-0.15, -0.1) is 0 Å². The lowest BCUT2D eigenvalue weighted by molar-refractivity contribution is 0.415. The number of hydrogen-bond acceptors (Lipinski definition) is 2. The average molecular weight is 266 g/mol. The standard InChI is InChI=1S/C17H18N2O/c1-11(2)13-6-9-15-16(10-13)19-17(18-15)12-4-7-14(20-3)8-5-12/h4-11H,1-3H3,(H,18,19). The van der Waals surface area contributed by atoms with Gasteiger partial charge in [0.05, 0.1) is 18.1 Å². The van der Waals surface area contributed by atoms with Crippen LogP contribution in [0.15, 0.2) is 42.5 Å². The number of benzene rings is 2. The van der Waals surface area contributed by atoms with Crippen LogP contribution in [0.25, 0.3) is 22.4 Å². The monoisotopic (exact) mass is 266 g/mol. The van der Waals surface area contributed by atoms with Crippen LogP contribution in [0.5, 0.6) is 5.75 Å². The number of fused-ring (bicyclic) bond motifs is 1. The molecule has 0 atom stereocenters. The van der Waals surface area contributed by atoms with Crippen LogP contribution in [-0.4, -0.2) is 17.1 Å². The van der Waals surface area contributed by atoms with Gasteiger partial charge in [-0.2, -0.15) is 0 Å². The molecule has 0 amide bonds. The molecule has 0 radical (unpaired) electrons. The van der Waals surface area contributed by atoms with Crippen LogP contribution in [0.2, 0.25) is 0 Å². The van der Waals surface area contributed by atoms with Gasteiger partial charge in [0, 0.05) is 5.56 Å². The van der Waals surface area contributed by atoms with E-state index in [2.05, 4.69) is 42.0 Å². The lowest BCUT2D eigenvalue weighted by Crippen LogP contribution is -1.85. The Bertz CT molecular complexity index is 726. The molecule has 20 heavy (non-hydrogen) atoms. The Morgan fingerprint density at radius 2 is 1.80 bits per heavy atom. The highest BCUT2D eigenvalue weighted by Gasteiger charge is 2.07. The average Bonchev–Trinajstić information content (AvgIpc) is 2.90. The van der Waals surface area contributed by atoms with Gasteiger partial charge in [-0.25, -0.2) is 4.98 Å². The molecule has 0 bridgehead atoms. The van der Waals surface area contributed by atoms with Crippen molar-refractivity contribution in [3.63, 3.8) is 0 Å². The normalized spacial score (nSPS) is 11.2. The number of aromatic nitrogens is 2. The molecule has 1 aromatic heterocycles. The summed E-state index contributed by atoms with van der Waals surface area (Å²) in [6, 6.07) is 14.3. The number of rotatable bonds is 3. The molecule has 0 spiro atoms. The fraction of sp³-hybridized carbons (Fsp3) is 0.235. The van der Waals surface area contributed by atoms with Gasteiger partial charge in [-0.3, -0.25) is 0 Å². The molecular formula is C17H18N2O. The summed E-state index contributed by atoms with van der Waals surface area (Å²) >= 11 is 0. The number of nitrogens with zero attached hydrogens (tertiary/aromatic N) is 1. The Labute approximate surface area is 118 Å². The molecule has 0 unspecified atom stereocenters. The van der Waals surface area contributed by atoms with E-state index in [-0.39, 0.29) is 0 Å². The molecule has 102 valence electrons. The molecule has 0 aliphatic rings. The van der Waals surface area contributed by atoms with E-state index in [1.165, 1.54) is 5.56 Å². The summed E-state index contributed by atoms with van der Waals surface area (Å²) in [6.07, 6.45) is 0. The van der Waals surface area contributed by atoms with Gasteiger partial charge in [0.2, 0.25) is 0 Å². The molecule has 0 aliphatic heterocycles. The second kappa shape index (κ2) is 5.00. The third kappa shape index (κ3) is 2.27. The third-order valence-electron chi connectivity index (χ3n) is 3.54. The zero-order chi connectivity index (χ0) is 14.1. The van der Waals surface area contributed by atoms with Crippen LogP contribution in [0.1, 0.15) is 25.3 Å². The SMILES string of the molecule is COc1ccc(-c2nc3ccc(C(C)C)cc3[nH]2)cc1. The van der Waals surface area contributed by atoms with Crippen LogP contribution in [-0.2, 0) is 0 Å². The molecule has 3 nitrogen and oxygen atoms in total. The zero-order valence-corrected chi connectivity index (χ0v) is 12.0.